The van der Waals surface area contributed by atoms with E-state index in [4.69, 9.17) is 9.72 Å². The number of aliphatic hydroxyl groups is 3. The molecule has 0 unspecified atom stereocenters. The number of aromatic nitrogens is 4. The van der Waals surface area contributed by atoms with E-state index in [9.17, 15) is 15.3 Å². The molecule has 4 heterocycles. The second kappa shape index (κ2) is 8.90. The minimum absolute atomic E-state index is 0.0323. The largest absolute Gasteiger partial charge is 0.494 e. The molecule has 0 atom stereocenters. The molecule has 1 aliphatic heterocycles. The van der Waals surface area contributed by atoms with Gasteiger partial charge in [-0.25, -0.2) is 9.97 Å². The summed E-state index contributed by atoms with van der Waals surface area (Å²) in [6.45, 7) is 5.58. The van der Waals surface area contributed by atoms with Crippen LogP contribution < -0.4 is 9.64 Å². The van der Waals surface area contributed by atoms with Gasteiger partial charge in [-0.2, -0.15) is 5.10 Å². The first-order chi connectivity index (χ1) is 16.8. The van der Waals surface area contributed by atoms with Crippen molar-refractivity contribution in [2.75, 3.05) is 45.2 Å². The summed E-state index contributed by atoms with van der Waals surface area (Å²) < 4.78 is 5.57. The maximum atomic E-state index is 9.76. The zero-order chi connectivity index (χ0) is 24.7. The lowest BCUT2D eigenvalue weighted by atomic mass is 9.97. The molecule has 1 aromatic carbocycles. The zero-order valence-corrected chi connectivity index (χ0v) is 19.9. The second-order valence-corrected chi connectivity index (χ2v) is 8.82. The molecule has 1 fully saturated rings. The highest BCUT2D eigenvalue weighted by Gasteiger charge is 2.27. The van der Waals surface area contributed by atoms with E-state index in [1.807, 2.05) is 12.1 Å². The number of nitrogens with zero attached hydrogens (tertiary/aromatic N) is 5. The Morgan fingerprint density at radius 2 is 1.80 bits per heavy atom. The van der Waals surface area contributed by atoms with Crippen LogP contribution in [0, 0.1) is 6.92 Å². The van der Waals surface area contributed by atoms with Crippen LogP contribution in [0.4, 0.5) is 5.82 Å². The Labute approximate surface area is 202 Å². The van der Waals surface area contributed by atoms with Gasteiger partial charge in [0, 0.05) is 55.1 Å². The second-order valence-electron chi connectivity index (χ2n) is 8.82. The quantitative estimate of drug-likeness (QED) is 0.319. The molecule has 0 spiro atoms. The predicted molar refractivity (Wildman–Crippen MR) is 132 cm³/mol. The summed E-state index contributed by atoms with van der Waals surface area (Å²) in [7, 11) is 3.66. The van der Waals surface area contributed by atoms with Crippen LogP contribution in [0.25, 0.3) is 33.5 Å². The Kier molecular flexibility index (Phi) is 5.89. The van der Waals surface area contributed by atoms with Crippen LogP contribution in [0.2, 0.25) is 0 Å². The Hall–Kier alpha value is -3.57. The monoisotopic (exact) mass is 476 g/mol. The van der Waals surface area contributed by atoms with E-state index >= 15 is 0 Å². The van der Waals surface area contributed by atoms with Crippen molar-refractivity contribution in [1.29, 1.82) is 0 Å². The molecule has 10 nitrogen and oxygen atoms in total. The van der Waals surface area contributed by atoms with E-state index in [-0.39, 0.29) is 5.56 Å². The van der Waals surface area contributed by atoms with Crippen molar-refractivity contribution in [2.24, 2.45) is 0 Å². The van der Waals surface area contributed by atoms with Crippen LogP contribution >= 0.6 is 0 Å². The van der Waals surface area contributed by atoms with Crippen molar-refractivity contribution in [3.63, 3.8) is 0 Å². The third-order valence-corrected chi connectivity index (χ3v) is 6.52. The first-order valence-corrected chi connectivity index (χ1v) is 11.4. The minimum Gasteiger partial charge on any atom is -0.494 e. The number of H-pyrrole nitrogens is 1. The fourth-order valence-electron chi connectivity index (χ4n) is 4.48. The number of fused-ring (bicyclic) bond motifs is 1. The third kappa shape index (κ3) is 4.32. The highest BCUT2D eigenvalue weighted by Crippen LogP contribution is 2.37. The number of benzene rings is 1. The minimum atomic E-state index is -2.96. The van der Waals surface area contributed by atoms with Crippen LogP contribution in [-0.4, -0.2) is 80.7 Å². The molecule has 0 bridgehead atoms. The summed E-state index contributed by atoms with van der Waals surface area (Å²) >= 11 is 0. The van der Waals surface area contributed by atoms with E-state index in [1.165, 1.54) is 13.2 Å². The summed E-state index contributed by atoms with van der Waals surface area (Å²) in [6, 6.07) is 10.6. The summed E-state index contributed by atoms with van der Waals surface area (Å²) in [5, 5.41) is 36.8. The van der Waals surface area contributed by atoms with Crippen LogP contribution in [0.3, 0.4) is 0 Å². The van der Waals surface area contributed by atoms with Crippen molar-refractivity contribution >= 4 is 16.9 Å². The lowest BCUT2D eigenvalue weighted by molar-refractivity contribution is -0.324. The lowest BCUT2D eigenvalue weighted by Gasteiger charge is -2.33. The fourth-order valence-corrected chi connectivity index (χ4v) is 4.48. The van der Waals surface area contributed by atoms with Crippen molar-refractivity contribution < 1.29 is 20.1 Å². The normalized spacial score (nSPS) is 15.1. The van der Waals surface area contributed by atoms with E-state index in [0.717, 1.165) is 37.6 Å². The van der Waals surface area contributed by atoms with Gasteiger partial charge in [-0.05, 0) is 31.7 Å². The first kappa shape index (κ1) is 23.2. The molecule has 3 aromatic heterocycles. The standard InChI is InChI=1S/C25H28N6O4/c1-15-17(5-4-6-18(15)25(32,33)34)23-20(35-3)13-19-24(27-23)22(29-28-19)16-7-8-21(26-14-16)31-11-9-30(2)10-12-31/h4-8,13-14,32-34H,9-12H2,1-3H3,(H,28,29). The van der Waals surface area contributed by atoms with E-state index in [0.29, 0.717) is 39.3 Å². The maximum absolute atomic E-state index is 9.76. The highest BCUT2D eigenvalue weighted by molar-refractivity contribution is 5.93. The Morgan fingerprint density at radius 1 is 1.03 bits per heavy atom. The topological polar surface area (TPSA) is 131 Å². The van der Waals surface area contributed by atoms with Gasteiger partial charge in [-0.3, -0.25) is 5.10 Å². The number of methoxy groups -OCH3 is 1. The number of anilines is 1. The molecule has 182 valence electrons. The Morgan fingerprint density at radius 3 is 2.46 bits per heavy atom. The molecule has 4 N–H and O–H groups in total. The van der Waals surface area contributed by atoms with Gasteiger partial charge in [0.1, 0.15) is 28.5 Å². The van der Waals surface area contributed by atoms with Crippen molar-refractivity contribution in [3.05, 3.63) is 53.7 Å². The molecule has 1 saturated heterocycles. The smallest absolute Gasteiger partial charge is 0.304 e. The fraction of sp³-hybridized carbons (Fsp3) is 0.320. The van der Waals surface area contributed by atoms with Gasteiger partial charge in [0.2, 0.25) is 0 Å². The summed E-state index contributed by atoms with van der Waals surface area (Å²) in [5.74, 6) is -1.55. The van der Waals surface area contributed by atoms with Crippen molar-refractivity contribution in [1.82, 2.24) is 25.1 Å². The summed E-state index contributed by atoms with van der Waals surface area (Å²) in [5.41, 5.74) is 4.32. The van der Waals surface area contributed by atoms with Gasteiger partial charge in [-0.15, -0.1) is 0 Å². The zero-order valence-electron chi connectivity index (χ0n) is 19.9. The first-order valence-electron chi connectivity index (χ1n) is 11.4. The van der Waals surface area contributed by atoms with Crippen LogP contribution in [0.15, 0.2) is 42.6 Å². The number of hydrogen-bond donors (Lipinski definition) is 4. The number of likely N-dealkylation sites (N-methyl/N-ethyl adjacent to an activating group) is 1. The van der Waals surface area contributed by atoms with Gasteiger partial charge in [0.05, 0.1) is 12.6 Å². The molecule has 0 radical (unpaired) electrons. The molecule has 0 saturated carbocycles. The van der Waals surface area contributed by atoms with Gasteiger partial charge in [0.25, 0.3) is 0 Å². The van der Waals surface area contributed by atoms with Gasteiger partial charge in [0.15, 0.2) is 0 Å². The van der Waals surface area contributed by atoms with E-state index in [1.54, 1.807) is 31.3 Å². The highest BCUT2D eigenvalue weighted by atomic mass is 16.7. The molecule has 10 heteroatoms. The molecule has 1 aliphatic rings. The van der Waals surface area contributed by atoms with Gasteiger partial charge < -0.3 is 29.9 Å². The van der Waals surface area contributed by atoms with Crippen LogP contribution in [0.1, 0.15) is 11.1 Å². The van der Waals surface area contributed by atoms with Crippen molar-refractivity contribution in [2.45, 2.75) is 12.9 Å². The van der Waals surface area contributed by atoms with Crippen LogP contribution in [-0.2, 0) is 5.97 Å². The number of pyridine rings is 2. The SMILES string of the molecule is COc1cc2[nH]nc(-c3ccc(N4CCN(C)CC4)nc3)c2nc1-c1cccc(C(O)(O)O)c1C. The Bertz CT molecular complexity index is 1360. The molecule has 0 aliphatic carbocycles. The van der Waals surface area contributed by atoms with E-state index in [2.05, 4.69) is 32.0 Å². The van der Waals surface area contributed by atoms with Gasteiger partial charge >= 0.3 is 5.97 Å². The average molecular weight is 477 g/mol. The Balaban J connectivity index is 1.56. The number of aromatic amines is 1. The average Bonchev–Trinajstić information content (AvgIpc) is 3.26. The molecule has 5 rings (SSSR count). The molecular weight excluding hydrogens is 448 g/mol. The summed E-state index contributed by atoms with van der Waals surface area (Å²) in [4.78, 5) is 14.1. The third-order valence-electron chi connectivity index (χ3n) is 6.52. The van der Waals surface area contributed by atoms with Gasteiger partial charge in [-0.1, -0.05) is 18.2 Å². The number of nitrogens with one attached hydrogen (secondary N) is 1. The van der Waals surface area contributed by atoms with E-state index < -0.39 is 5.97 Å². The molecule has 4 aromatic rings. The molecule has 0 amide bonds. The van der Waals surface area contributed by atoms with Crippen LogP contribution in [0.5, 0.6) is 5.75 Å². The summed E-state index contributed by atoms with van der Waals surface area (Å²) in [6.07, 6.45) is 1.80. The lowest BCUT2D eigenvalue weighted by Crippen LogP contribution is -2.44. The van der Waals surface area contributed by atoms with Crippen molar-refractivity contribution in [3.8, 4) is 28.3 Å². The predicted octanol–water partition coefficient (Wildman–Crippen LogP) is 1.84. The number of rotatable bonds is 5. The maximum Gasteiger partial charge on any atom is 0.304 e. The number of piperazine rings is 1. The number of ether oxygens (including phenoxy) is 1. The molecule has 35 heavy (non-hydrogen) atoms. The molecular formula is C25H28N6O4. The number of hydrogen-bond acceptors (Lipinski definition) is 9.